The van der Waals surface area contributed by atoms with Gasteiger partial charge in [0.25, 0.3) is 0 Å². The largest absolute Gasteiger partial charge is 0.497 e. The molecule has 1 heterocycles. The molecule has 1 unspecified atom stereocenters. The maximum Gasteiger partial charge on any atom is 0.318 e. The Kier molecular flexibility index (Phi) is 6.07. The lowest BCUT2D eigenvalue weighted by Gasteiger charge is -2.28. The number of nitrogens with zero attached hydrogens (tertiary/aromatic N) is 2. The van der Waals surface area contributed by atoms with Crippen molar-refractivity contribution in [2.75, 3.05) is 20.2 Å². The molecule has 0 saturated carbocycles. The average Bonchev–Trinajstić information content (AvgIpc) is 3.01. The SMILES string of the molecule is C=CCN(CC1CC(c2ccc(OC)cc2)=NO1)C(=O)NC(C)(C)C. The molecule has 6 nitrogen and oxygen atoms in total. The van der Waals surface area contributed by atoms with Gasteiger partial charge in [-0.15, -0.1) is 6.58 Å². The van der Waals surface area contributed by atoms with E-state index in [2.05, 4.69) is 17.1 Å². The Hall–Kier alpha value is -2.50. The number of nitrogens with one attached hydrogen (secondary N) is 1. The van der Waals surface area contributed by atoms with Crippen molar-refractivity contribution in [3.05, 3.63) is 42.5 Å². The van der Waals surface area contributed by atoms with Crippen LogP contribution in [0.15, 0.2) is 42.1 Å². The Morgan fingerprint density at radius 3 is 2.68 bits per heavy atom. The van der Waals surface area contributed by atoms with Crippen LogP contribution in [-0.2, 0) is 4.84 Å². The standard InChI is InChI=1S/C19H27N3O3/c1-6-11-22(18(23)20-19(2,3)4)13-16-12-17(21-25-16)14-7-9-15(24-5)10-8-14/h6-10,16H,1,11-13H2,2-5H3,(H,20,23). The smallest absolute Gasteiger partial charge is 0.318 e. The predicted molar refractivity (Wildman–Crippen MR) is 99.1 cm³/mol. The number of hydrogen-bond acceptors (Lipinski definition) is 4. The fraction of sp³-hybridized carbons (Fsp3) is 0.474. The summed E-state index contributed by atoms with van der Waals surface area (Å²) in [6, 6.07) is 7.57. The van der Waals surface area contributed by atoms with Gasteiger partial charge in [0.2, 0.25) is 0 Å². The molecule has 0 radical (unpaired) electrons. The first kappa shape index (κ1) is 18.8. The van der Waals surface area contributed by atoms with E-state index in [0.717, 1.165) is 17.0 Å². The number of carbonyl (C=O) groups excluding carboxylic acids is 1. The summed E-state index contributed by atoms with van der Waals surface area (Å²) in [4.78, 5) is 19.6. The van der Waals surface area contributed by atoms with Gasteiger partial charge >= 0.3 is 6.03 Å². The van der Waals surface area contributed by atoms with Crippen molar-refractivity contribution in [1.82, 2.24) is 10.2 Å². The number of oxime groups is 1. The lowest BCUT2D eigenvalue weighted by atomic mass is 10.0. The second-order valence-corrected chi connectivity index (χ2v) is 7.07. The second kappa shape index (κ2) is 8.05. The van der Waals surface area contributed by atoms with Crippen molar-refractivity contribution in [2.45, 2.75) is 38.8 Å². The van der Waals surface area contributed by atoms with Crippen LogP contribution in [0.2, 0.25) is 0 Å². The zero-order chi connectivity index (χ0) is 18.4. The summed E-state index contributed by atoms with van der Waals surface area (Å²) in [6.07, 6.45) is 2.20. The fourth-order valence-electron chi connectivity index (χ4n) is 2.52. The minimum atomic E-state index is -0.294. The van der Waals surface area contributed by atoms with E-state index in [-0.39, 0.29) is 17.7 Å². The van der Waals surface area contributed by atoms with Crippen LogP contribution in [0.25, 0.3) is 0 Å². The number of benzene rings is 1. The van der Waals surface area contributed by atoms with Crippen molar-refractivity contribution >= 4 is 11.7 Å². The molecule has 1 aromatic rings. The Morgan fingerprint density at radius 2 is 2.12 bits per heavy atom. The van der Waals surface area contributed by atoms with Gasteiger partial charge in [-0.2, -0.15) is 0 Å². The van der Waals surface area contributed by atoms with Crippen molar-refractivity contribution in [1.29, 1.82) is 0 Å². The van der Waals surface area contributed by atoms with Crippen LogP contribution in [0, 0.1) is 0 Å². The summed E-state index contributed by atoms with van der Waals surface area (Å²) in [5.41, 5.74) is 1.58. The van der Waals surface area contributed by atoms with Gasteiger partial charge in [-0.25, -0.2) is 4.79 Å². The molecular weight excluding hydrogens is 318 g/mol. The number of carbonyl (C=O) groups is 1. The number of ether oxygens (including phenoxy) is 1. The molecule has 0 aromatic heterocycles. The van der Waals surface area contributed by atoms with E-state index >= 15 is 0 Å². The molecule has 1 aliphatic rings. The molecule has 1 aliphatic heterocycles. The van der Waals surface area contributed by atoms with Crippen LogP contribution in [0.5, 0.6) is 5.75 Å². The van der Waals surface area contributed by atoms with Crippen molar-refractivity contribution < 1.29 is 14.4 Å². The monoisotopic (exact) mass is 345 g/mol. The van der Waals surface area contributed by atoms with Gasteiger partial charge in [0.05, 0.1) is 19.4 Å². The molecular formula is C19H27N3O3. The summed E-state index contributed by atoms with van der Waals surface area (Å²) in [5, 5.41) is 7.15. The summed E-state index contributed by atoms with van der Waals surface area (Å²) in [5.74, 6) is 0.802. The van der Waals surface area contributed by atoms with Crippen LogP contribution < -0.4 is 10.1 Å². The Morgan fingerprint density at radius 1 is 1.44 bits per heavy atom. The highest BCUT2D eigenvalue weighted by molar-refractivity contribution is 6.01. The van der Waals surface area contributed by atoms with E-state index in [0.29, 0.717) is 19.5 Å². The van der Waals surface area contributed by atoms with Crippen LogP contribution in [0.3, 0.4) is 0 Å². The highest BCUT2D eigenvalue weighted by atomic mass is 16.6. The molecule has 25 heavy (non-hydrogen) atoms. The van der Waals surface area contributed by atoms with Crippen LogP contribution >= 0.6 is 0 Å². The molecule has 1 N–H and O–H groups in total. The predicted octanol–water partition coefficient (Wildman–Crippen LogP) is 3.18. The first-order valence-corrected chi connectivity index (χ1v) is 8.37. The molecule has 0 bridgehead atoms. The highest BCUT2D eigenvalue weighted by Crippen LogP contribution is 2.20. The van der Waals surface area contributed by atoms with Gasteiger partial charge in [-0.3, -0.25) is 0 Å². The maximum absolute atomic E-state index is 12.4. The van der Waals surface area contributed by atoms with E-state index in [1.807, 2.05) is 45.0 Å². The van der Waals surface area contributed by atoms with Gasteiger partial charge < -0.3 is 19.8 Å². The molecule has 2 rings (SSSR count). The Balaban J connectivity index is 1.96. The molecule has 136 valence electrons. The fourth-order valence-corrected chi connectivity index (χ4v) is 2.52. The third-order valence-corrected chi connectivity index (χ3v) is 3.70. The molecule has 2 amide bonds. The number of methoxy groups -OCH3 is 1. The molecule has 0 aliphatic carbocycles. The zero-order valence-corrected chi connectivity index (χ0v) is 15.4. The minimum absolute atomic E-state index is 0.131. The number of hydrogen-bond donors (Lipinski definition) is 1. The Labute approximate surface area is 149 Å². The third-order valence-electron chi connectivity index (χ3n) is 3.70. The first-order valence-electron chi connectivity index (χ1n) is 8.37. The summed E-state index contributed by atoms with van der Waals surface area (Å²) < 4.78 is 5.17. The topological polar surface area (TPSA) is 63.2 Å². The molecule has 6 heteroatoms. The van der Waals surface area contributed by atoms with E-state index < -0.39 is 0 Å². The zero-order valence-electron chi connectivity index (χ0n) is 15.4. The number of rotatable bonds is 6. The lowest BCUT2D eigenvalue weighted by molar-refractivity contribution is 0.0621. The quantitative estimate of drug-likeness (QED) is 0.806. The summed E-state index contributed by atoms with van der Waals surface area (Å²) in [6.45, 7) is 10.5. The normalized spacial score (nSPS) is 16.6. The molecule has 0 saturated heterocycles. The van der Waals surface area contributed by atoms with Gasteiger partial charge in [-0.1, -0.05) is 11.2 Å². The number of urea groups is 1. The van der Waals surface area contributed by atoms with Gasteiger partial charge in [0.1, 0.15) is 5.75 Å². The van der Waals surface area contributed by atoms with E-state index in [1.54, 1.807) is 18.1 Å². The van der Waals surface area contributed by atoms with E-state index in [4.69, 9.17) is 9.57 Å². The van der Waals surface area contributed by atoms with Crippen molar-refractivity contribution in [3.8, 4) is 5.75 Å². The maximum atomic E-state index is 12.4. The Bertz CT molecular complexity index is 632. The van der Waals surface area contributed by atoms with Crippen LogP contribution in [-0.4, -0.2) is 48.5 Å². The van der Waals surface area contributed by atoms with E-state index in [1.165, 1.54) is 0 Å². The minimum Gasteiger partial charge on any atom is -0.497 e. The van der Waals surface area contributed by atoms with E-state index in [9.17, 15) is 4.79 Å². The highest BCUT2D eigenvalue weighted by Gasteiger charge is 2.27. The van der Waals surface area contributed by atoms with Crippen molar-refractivity contribution in [3.63, 3.8) is 0 Å². The third kappa shape index (κ3) is 5.52. The van der Waals surface area contributed by atoms with Gasteiger partial charge in [0.15, 0.2) is 6.10 Å². The van der Waals surface area contributed by atoms with Crippen LogP contribution in [0.1, 0.15) is 32.8 Å². The van der Waals surface area contributed by atoms with Gasteiger partial charge in [0, 0.05) is 18.5 Å². The van der Waals surface area contributed by atoms with Crippen LogP contribution in [0.4, 0.5) is 4.79 Å². The molecule has 1 aromatic carbocycles. The lowest BCUT2D eigenvalue weighted by Crippen LogP contribution is -2.50. The average molecular weight is 345 g/mol. The first-order chi connectivity index (χ1) is 11.8. The summed E-state index contributed by atoms with van der Waals surface area (Å²) >= 11 is 0. The number of amides is 2. The molecule has 1 atom stereocenters. The molecule has 0 spiro atoms. The van der Waals surface area contributed by atoms with Gasteiger partial charge in [-0.05, 0) is 50.6 Å². The second-order valence-electron chi connectivity index (χ2n) is 7.07. The summed E-state index contributed by atoms with van der Waals surface area (Å²) in [7, 11) is 1.64. The van der Waals surface area contributed by atoms with Crippen molar-refractivity contribution in [2.24, 2.45) is 5.16 Å². The molecule has 0 fully saturated rings.